The topological polar surface area (TPSA) is 56.7 Å². The van der Waals surface area contributed by atoms with Gasteiger partial charge in [-0.15, -0.1) is 0 Å². The molecule has 2 rings (SSSR count). The number of anilines is 1. The Kier molecular flexibility index (Phi) is 2.41. The molecule has 78 valence electrons. The first-order chi connectivity index (χ1) is 7.16. The van der Waals surface area contributed by atoms with Gasteiger partial charge in [0.1, 0.15) is 0 Å². The number of pyridine rings is 1. The van der Waals surface area contributed by atoms with Crippen LogP contribution in [-0.2, 0) is 0 Å². The van der Waals surface area contributed by atoms with Crippen molar-refractivity contribution < 1.29 is 0 Å². The van der Waals surface area contributed by atoms with Gasteiger partial charge in [-0.2, -0.15) is 5.10 Å². The quantitative estimate of drug-likeness (QED) is 0.810. The lowest BCUT2D eigenvalue weighted by Gasteiger charge is -2.01. The molecule has 2 N–H and O–H groups in total. The zero-order valence-electron chi connectivity index (χ0n) is 8.88. The van der Waals surface area contributed by atoms with Gasteiger partial charge in [0.05, 0.1) is 17.6 Å². The molecule has 15 heavy (non-hydrogen) atoms. The van der Waals surface area contributed by atoms with Gasteiger partial charge >= 0.3 is 0 Å². The second-order valence-electron chi connectivity index (χ2n) is 3.79. The molecule has 0 aliphatic carbocycles. The lowest BCUT2D eigenvalue weighted by atomic mass is 10.1. The maximum atomic E-state index is 5.57. The summed E-state index contributed by atoms with van der Waals surface area (Å²) in [5.74, 6) is 1.22. The minimum absolute atomic E-state index is 0.431. The number of nitrogens with zero attached hydrogens (tertiary/aromatic N) is 3. The van der Waals surface area contributed by atoms with Crippen LogP contribution in [-0.4, -0.2) is 14.8 Å². The van der Waals surface area contributed by atoms with Crippen LogP contribution in [0.25, 0.3) is 5.82 Å². The molecule has 0 amide bonds. The van der Waals surface area contributed by atoms with Crippen molar-refractivity contribution in [2.24, 2.45) is 0 Å². The van der Waals surface area contributed by atoms with Crippen LogP contribution in [0.15, 0.2) is 30.6 Å². The van der Waals surface area contributed by atoms with Crippen LogP contribution < -0.4 is 5.73 Å². The Morgan fingerprint density at radius 3 is 2.60 bits per heavy atom. The smallest absolute Gasteiger partial charge is 0.153 e. The SMILES string of the molecule is CC(C)c1ccn(-c2ccc(N)cn2)n1. The molecule has 0 aliphatic heterocycles. The normalized spacial score (nSPS) is 10.9. The highest BCUT2D eigenvalue weighted by Crippen LogP contribution is 2.13. The molecule has 2 aromatic rings. The first-order valence-corrected chi connectivity index (χ1v) is 4.94. The fraction of sp³-hybridized carbons (Fsp3) is 0.273. The van der Waals surface area contributed by atoms with E-state index in [0.29, 0.717) is 11.6 Å². The third-order valence-corrected chi connectivity index (χ3v) is 2.21. The van der Waals surface area contributed by atoms with Gasteiger partial charge in [0, 0.05) is 6.20 Å². The van der Waals surface area contributed by atoms with E-state index < -0.39 is 0 Å². The highest BCUT2D eigenvalue weighted by Gasteiger charge is 2.04. The lowest BCUT2D eigenvalue weighted by Crippen LogP contribution is -2.00. The van der Waals surface area contributed by atoms with Crippen molar-refractivity contribution >= 4 is 5.69 Å². The molecule has 2 heterocycles. The van der Waals surface area contributed by atoms with Crippen molar-refractivity contribution in [3.8, 4) is 5.82 Å². The van der Waals surface area contributed by atoms with E-state index in [0.717, 1.165) is 11.5 Å². The summed E-state index contributed by atoms with van der Waals surface area (Å²) in [5.41, 5.74) is 7.29. The third kappa shape index (κ3) is 1.98. The van der Waals surface area contributed by atoms with E-state index in [9.17, 15) is 0 Å². The van der Waals surface area contributed by atoms with Crippen molar-refractivity contribution in [2.75, 3.05) is 5.73 Å². The van der Waals surface area contributed by atoms with Crippen LogP contribution in [0.5, 0.6) is 0 Å². The van der Waals surface area contributed by atoms with E-state index in [2.05, 4.69) is 23.9 Å². The van der Waals surface area contributed by atoms with E-state index in [1.807, 2.05) is 24.4 Å². The van der Waals surface area contributed by atoms with Crippen molar-refractivity contribution in [2.45, 2.75) is 19.8 Å². The summed E-state index contributed by atoms with van der Waals surface area (Å²) in [7, 11) is 0. The van der Waals surface area contributed by atoms with Gasteiger partial charge < -0.3 is 5.73 Å². The van der Waals surface area contributed by atoms with Crippen LogP contribution in [0.3, 0.4) is 0 Å². The number of aromatic nitrogens is 3. The molecule has 2 aromatic heterocycles. The minimum atomic E-state index is 0.431. The fourth-order valence-corrected chi connectivity index (χ4v) is 1.31. The summed E-state index contributed by atoms with van der Waals surface area (Å²) in [6.45, 7) is 4.23. The van der Waals surface area contributed by atoms with Crippen molar-refractivity contribution in [1.29, 1.82) is 0 Å². The Morgan fingerprint density at radius 2 is 2.07 bits per heavy atom. The maximum absolute atomic E-state index is 5.57. The highest BCUT2D eigenvalue weighted by molar-refractivity contribution is 5.38. The molecule has 0 aliphatic rings. The first kappa shape index (κ1) is 9.71. The Balaban J connectivity index is 2.33. The summed E-state index contributed by atoms with van der Waals surface area (Å²) >= 11 is 0. The van der Waals surface area contributed by atoms with Crippen molar-refractivity contribution in [3.05, 3.63) is 36.3 Å². The molecule has 0 bridgehead atoms. The number of hydrogen-bond donors (Lipinski definition) is 1. The largest absolute Gasteiger partial charge is 0.397 e. The highest BCUT2D eigenvalue weighted by atomic mass is 15.3. The Morgan fingerprint density at radius 1 is 1.27 bits per heavy atom. The van der Waals surface area contributed by atoms with Crippen LogP contribution in [0.2, 0.25) is 0 Å². The zero-order chi connectivity index (χ0) is 10.8. The van der Waals surface area contributed by atoms with Gasteiger partial charge in [0.2, 0.25) is 0 Å². The average Bonchev–Trinajstić information content (AvgIpc) is 2.68. The molecule has 0 spiro atoms. The van der Waals surface area contributed by atoms with E-state index >= 15 is 0 Å². The number of nitrogens with two attached hydrogens (primary N) is 1. The molecule has 0 radical (unpaired) electrons. The van der Waals surface area contributed by atoms with Gasteiger partial charge in [-0.05, 0) is 24.1 Å². The number of nitrogen functional groups attached to an aromatic ring is 1. The molecule has 4 nitrogen and oxygen atoms in total. The molecular formula is C11H14N4. The standard InChI is InChI=1S/C11H14N4/c1-8(2)10-5-6-15(14-10)11-4-3-9(12)7-13-11/h3-8H,12H2,1-2H3. The molecule has 0 aromatic carbocycles. The van der Waals surface area contributed by atoms with Gasteiger partial charge in [-0.25, -0.2) is 9.67 Å². The maximum Gasteiger partial charge on any atom is 0.153 e. The molecule has 0 saturated carbocycles. The van der Waals surface area contributed by atoms with E-state index in [4.69, 9.17) is 5.73 Å². The predicted octanol–water partition coefficient (Wildman–Crippen LogP) is 1.97. The zero-order valence-corrected chi connectivity index (χ0v) is 8.88. The van der Waals surface area contributed by atoms with Crippen molar-refractivity contribution in [3.63, 3.8) is 0 Å². The molecular weight excluding hydrogens is 188 g/mol. The fourth-order valence-electron chi connectivity index (χ4n) is 1.31. The van der Waals surface area contributed by atoms with E-state index in [1.165, 1.54) is 0 Å². The first-order valence-electron chi connectivity index (χ1n) is 4.94. The Labute approximate surface area is 88.8 Å². The number of hydrogen-bond acceptors (Lipinski definition) is 3. The summed E-state index contributed by atoms with van der Waals surface area (Å²) in [4.78, 5) is 4.20. The van der Waals surface area contributed by atoms with Crippen LogP contribution in [0.4, 0.5) is 5.69 Å². The molecule has 4 heteroatoms. The Hall–Kier alpha value is -1.84. The lowest BCUT2D eigenvalue weighted by molar-refractivity contribution is 0.758. The summed E-state index contributed by atoms with van der Waals surface area (Å²) in [6.07, 6.45) is 3.54. The van der Waals surface area contributed by atoms with Crippen molar-refractivity contribution in [1.82, 2.24) is 14.8 Å². The average molecular weight is 202 g/mol. The predicted molar refractivity (Wildman–Crippen MR) is 59.9 cm³/mol. The Bertz CT molecular complexity index is 442. The third-order valence-electron chi connectivity index (χ3n) is 2.21. The van der Waals surface area contributed by atoms with Gasteiger partial charge in [0.25, 0.3) is 0 Å². The second kappa shape index (κ2) is 3.73. The molecule has 0 unspecified atom stereocenters. The van der Waals surface area contributed by atoms with Crippen LogP contribution in [0, 0.1) is 0 Å². The van der Waals surface area contributed by atoms with Gasteiger partial charge in [0.15, 0.2) is 5.82 Å². The van der Waals surface area contributed by atoms with Crippen LogP contribution in [0.1, 0.15) is 25.5 Å². The molecule has 0 atom stereocenters. The minimum Gasteiger partial charge on any atom is -0.397 e. The van der Waals surface area contributed by atoms with Gasteiger partial charge in [-0.1, -0.05) is 13.8 Å². The monoisotopic (exact) mass is 202 g/mol. The molecule has 0 fully saturated rings. The van der Waals surface area contributed by atoms with E-state index in [1.54, 1.807) is 10.9 Å². The van der Waals surface area contributed by atoms with Crippen LogP contribution >= 0.6 is 0 Å². The summed E-state index contributed by atoms with van der Waals surface area (Å²) in [6, 6.07) is 5.67. The molecule has 0 saturated heterocycles. The van der Waals surface area contributed by atoms with E-state index in [-0.39, 0.29) is 0 Å². The summed E-state index contributed by atoms with van der Waals surface area (Å²) < 4.78 is 1.76. The van der Waals surface area contributed by atoms with Gasteiger partial charge in [-0.3, -0.25) is 0 Å². The second-order valence-corrected chi connectivity index (χ2v) is 3.79. The number of rotatable bonds is 2. The summed E-state index contributed by atoms with van der Waals surface area (Å²) in [5, 5.41) is 4.42.